The van der Waals surface area contributed by atoms with Gasteiger partial charge >= 0.3 is 0 Å². The van der Waals surface area contributed by atoms with Crippen LogP contribution in [-0.2, 0) is 4.74 Å². The van der Waals surface area contributed by atoms with Crippen LogP contribution in [0.2, 0.25) is 0 Å². The third-order valence-electron chi connectivity index (χ3n) is 3.20. The van der Waals surface area contributed by atoms with Crippen LogP contribution in [0.5, 0.6) is 0 Å². The van der Waals surface area contributed by atoms with Crippen molar-refractivity contribution in [3.05, 3.63) is 12.2 Å². The number of nitrogens with zero attached hydrogens (tertiary/aromatic N) is 1. The van der Waals surface area contributed by atoms with Crippen LogP contribution in [0.3, 0.4) is 0 Å². The fourth-order valence-corrected chi connectivity index (χ4v) is 2.17. The van der Waals surface area contributed by atoms with Crippen LogP contribution in [0, 0.1) is 0 Å². The monoisotopic (exact) mass is 224 g/mol. The van der Waals surface area contributed by atoms with Gasteiger partial charge in [0.05, 0.1) is 6.10 Å². The van der Waals surface area contributed by atoms with Gasteiger partial charge in [-0.25, -0.2) is 0 Å². The molecule has 1 heterocycles. The normalized spacial score (nSPS) is 27.7. The lowest BCUT2D eigenvalue weighted by Gasteiger charge is -2.22. The van der Waals surface area contributed by atoms with Gasteiger partial charge in [0.25, 0.3) is 0 Å². The van der Waals surface area contributed by atoms with Crippen molar-refractivity contribution in [3.8, 4) is 0 Å². The second-order valence-corrected chi connectivity index (χ2v) is 5.18. The molecule has 3 nitrogen and oxygen atoms in total. The van der Waals surface area contributed by atoms with Gasteiger partial charge < -0.3 is 10.1 Å². The molecule has 1 unspecified atom stereocenters. The van der Waals surface area contributed by atoms with Crippen molar-refractivity contribution < 1.29 is 4.74 Å². The number of nitrogens with one attached hydrogen (secondary N) is 1. The van der Waals surface area contributed by atoms with Crippen molar-refractivity contribution in [3.63, 3.8) is 0 Å². The molecular weight excluding hydrogens is 200 g/mol. The maximum atomic E-state index is 5.64. The molecule has 3 heteroatoms. The van der Waals surface area contributed by atoms with Crippen LogP contribution in [-0.4, -0.2) is 49.8 Å². The van der Waals surface area contributed by atoms with E-state index in [9.17, 15) is 0 Å². The summed E-state index contributed by atoms with van der Waals surface area (Å²) >= 11 is 0. The molecule has 0 bridgehead atoms. The second-order valence-electron chi connectivity index (χ2n) is 5.18. The highest BCUT2D eigenvalue weighted by Gasteiger charge is 2.21. The Labute approximate surface area is 98.8 Å². The van der Waals surface area contributed by atoms with Gasteiger partial charge in [0.2, 0.25) is 0 Å². The van der Waals surface area contributed by atoms with Crippen LogP contribution in [0.25, 0.3) is 0 Å². The minimum Gasteiger partial charge on any atom is -0.377 e. The molecule has 1 N–H and O–H groups in total. The molecule has 1 atom stereocenters. The van der Waals surface area contributed by atoms with Crippen LogP contribution >= 0.6 is 0 Å². The van der Waals surface area contributed by atoms with Gasteiger partial charge in [-0.2, -0.15) is 0 Å². The summed E-state index contributed by atoms with van der Waals surface area (Å²) in [6.07, 6.45) is 4.21. The van der Waals surface area contributed by atoms with Gasteiger partial charge in [-0.05, 0) is 31.8 Å². The lowest BCUT2D eigenvalue weighted by Crippen LogP contribution is -2.34. The van der Waals surface area contributed by atoms with E-state index in [1.54, 1.807) is 0 Å². The Morgan fingerprint density at radius 1 is 1.50 bits per heavy atom. The highest BCUT2D eigenvalue weighted by molar-refractivity contribution is 5.02. The molecule has 0 aromatic rings. The minimum absolute atomic E-state index is 0.367. The molecule has 2 rings (SSSR count). The maximum Gasteiger partial charge on any atom is 0.0674 e. The van der Waals surface area contributed by atoms with Crippen molar-refractivity contribution >= 4 is 0 Å². The van der Waals surface area contributed by atoms with E-state index >= 15 is 0 Å². The predicted octanol–water partition coefficient (Wildman–Crippen LogP) is 1.41. The summed E-state index contributed by atoms with van der Waals surface area (Å²) in [5.74, 6) is 0. The molecule has 92 valence electrons. The predicted molar refractivity (Wildman–Crippen MR) is 66.6 cm³/mol. The fourth-order valence-electron chi connectivity index (χ4n) is 2.17. The lowest BCUT2D eigenvalue weighted by molar-refractivity contribution is 0.0689. The standard InChI is InChI=1S/C13H24N2O/c1-11(8-14-13-4-5-13)9-15-6-3-7-16-12(2)10-15/h12-14H,1,3-10H2,2H3. The van der Waals surface area contributed by atoms with E-state index in [1.165, 1.54) is 18.4 Å². The van der Waals surface area contributed by atoms with Gasteiger partial charge in [0, 0.05) is 38.8 Å². The van der Waals surface area contributed by atoms with E-state index in [4.69, 9.17) is 4.74 Å². The highest BCUT2D eigenvalue weighted by atomic mass is 16.5. The van der Waals surface area contributed by atoms with Crippen molar-refractivity contribution in [1.82, 2.24) is 10.2 Å². The third kappa shape index (κ3) is 4.24. The fraction of sp³-hybridized carbons (Fsp3) is 0.846. The first-order chi connectivity index (χ1) is 7.74. The van der Waals surface area contributed by atoms with Crippen LogP contribution in [0.1, 0.15) is 26.2 Å². The summed E-state index contributed by atoms with van der Waals surface area (Å²) in [6, 6.07) is 0.781. The smallest absolute Gasteiger partial charge is 0.0674 e. The molecule has 16 heavy (non-hydrogen) atoms. The molecule has 1 aliphatic heterocycles. The van der Waals surface area contributed by atoms with E-state index in [0.29, 0.717) is 6.10 Å². The van der Waals surface area contributed by atoms with E-state index in [-0.39, 0.29) is 0 Å². The number of ether oxygens (including phenoxy) is 1. The summed E-state index contributed by atoms with van der Waals surface area (Å²) in [4.78, 5) is 2.47. The largest absolute Gasteiger partial charge is 0.377 e. The zero-order chi connectivity index (χ0) is 11.4. The van der Waals surface area contributed by atoms with E-state index in [0.717, 1.165) is 45.2 Å². The Morgan fingerprint density at radius 3 is 3.06 bits per heavy atom. The molecule has 1 saturated carbocycles. The highest BCUT2D eigenvalue weighted by Crippen LogP contribution is 2.18. The van der Waals surface area contributed by atoms with Crippen molar-refractivity contribution in [2.75, 3.05) is 32.8 Å². The Kier molecular flexibility index (Phi) is 4.38. The van der Waals surface area contributed by atoms with Crippen LogP contribution < -0.4 is 5.32 Å². The Hall–Kier alpha value is -0.380. The molecule has 0 aromatic heterocycles. The molecule has 0 aromatic carbocycles. The van der Waals surface area contributed by atoms with Gasteiger partial charge in [-0.15, -0.1) is 0 Å². The number of rotatable bonds is 5. The molecular formula is C13H24N2O. The van der Waals surface area contributed by atoms with E-state index in [1.807, 2.05) is 0 Å². The second kappa shape index (κ2) is 5.80. The van der Waals surface area contributed by atoms with Gasteiger partial charge in [0.15, 0.2) is 0 Å². The average Bonchev–Trinajstić information content (AvgIpc) is 3.04. The quantitative estimate of drug-likeness (QED) is 0.715. The van der Waals surface area contributed by atoms with Crippen molar-refractivity contribution in [2.45, 2.75) is 38.3 Å². The minimum atomic E-state index is 0.367. The molecule has 0 radical (unpaired) electrons. The lowest BCUT2D eigenvalue weighted by atomic mass is 10.2. The van der Waals surface area contributed by atoms with Gasteiger partial charge in [-0.1, -0.05) is 6.58 Å². The first kappa shape index (κ1) is 12.1. The Bertz CT molecular complexity index is 238. The summed E-state index contributed by atoms with van der Waals surface area (Å²) in [5.41, 5.74) is 1.31. The van der Waals surface area contributed by atoms with Crippen molar-refractivity contribution in [1.29, 1.82) is 0 Å². The SMILES string of the molecule is C=C(CNC1CC1)CN1CCCOC(C)C1. The number of hydrogen-bond donors (Lipinski definition) is 1. The van der Waals surface area contributed by atoms with Crippen molar-refractivity contribution in [2.24, 2.45) is 0 Å². The summed E-state index contributed by atoms with van der Waals surface area (Å²) in [7, 11) is 0. The van der Waals surface area contributed by atoms with Crippen LogP contribution in [0.15, 0.2) is 12.2 Å². The Morgan fingerprint density at radius 2 is 2.31 bits per heavy atom. The molecule has 1 saturated heterocycles. The summed E-state index contributed by atoms with van der Waals surface area (Å²) in [5, 5.41) is 3.52. The Balaban J connectivity index is 1.67. The van der Waals surface area contributed by atoms with E-state index < -0.39 is 0 Å². The summed E-state index contributed by atoms with van der Waals surface area (Å²) < 4.78 is 5.64. The van der Waals surface area contributed by atoms with Crippen LogP contribution in [0.4, 0.5) is 0 Å². The average molecular weight is 224 g/mol. The summed E-state index contributed by atoms with van der Waals surface area (Å²) in [6.45, 7) is 11.4. The molecule has 2 fully saturated rings. The zero-order valence-corrected chi connectivity index (χ0v) is 10.4. The maximum absolute atomic E-state index is 5.64. The first-order valence-electron chi connectivity index (χ1n) is 6.48. The van der Waals surface area contributed by atoms with Gasteiger partial charge in [-0.3, -0.25) is 4.90 Å². The zero-order valence-electron chi connectivity index (χ0n) is 10.4. The molecule has 1 aliphatic carbocycles. The first-order valence-corrected chi connectivity index (χ1v) is 6.48. The number of hydrogen-bond acceptors (Lipinski definition) is 3. The topological polar surface area (TPSA) is 24.5 Å². The third-order valence-corrected chi connectivity index (χ3v) is 3.20. The van der Waals surface area contributed by atoms with E-state index in [2.05, 4.69) is 23.7 Å². The molecule has 0 spiro atoms. The molecule has 0 amide bonds. The molecule has 2 aliphatic rings. The van der Waals surface area contributed by atoms with Gasteiger partial charge in [0.1, 0.15) is 0 Å².